The Hall–Kier alpha value is -10.3. The van der Waals surface area contributed by atoms with Crippen LogP contribution in [0.25, 0.3) is 66.1 Å². The molecule has 3 aliphatic rings. The van der Waals surface area contributed by atoms with Crippen LogP contribution in [0.2, 0.25) is 0 Å². The first-order valence-electron chi connectivity index (χ1n) is 26.8. The molecule has 78 heavy (non-hydrogen) atoms. The van der Waals surface area contributed by atoms with Gasteiger partial charge in [0.05, 0.1) is 16.8 Å². The van der Waals surface area contributed by atoms with Gasteiger partial charge in [0, 0.05) is 51.3 Å². The van der Waals surface area contributed by atoms with Crippen LogP contribution in [-0.2, 0) is 5.41 Å². The molecule has 0 radical (unpaired) electrons. The van der Waals surface area contributed by atoms with Crippen LogP contribution < -0.4 is 14.7 Å². The Kier molecular flexibility index (Phi) is 9.82. The van der Waals surface area contributed by atoms with Gasteiger partial charge < -0.3 is 9.80 Å². The highest BCUT2D eigenvalue weighted by Crippen LogP contribution is 2.64. The van der Waals surface area contributed by atoms with E-state index in [1.165, 1.54) is 99.7 Å². The molecule has 364 valence electrons. The molecule has 0 amide bonds. The fourth-order valence-electron chi connectivity index (χ4n) is 13.3. The third kappa shape index (κ3) is 6.57. The Labute approximate surface area is 453 Å². The van der Waals surface area contributed by atoms with Crippen molar-refractivity contribution in [1.29, 1.82) is 0 Å². The first kappa shape index (κ1) is 44.0. The van der Waals surface area contributed by atoms with Gasteiger partial charge in [-0.3, -0.25) is 4.90 Å². The van der Waals surface area contributed by atoms with Gasteiger partial charge in [0.1, 0.15) is 5.82 Å². The standard InChI is InChI=1S/C74H48N4/c1-4-20-54(21-5-1)76(55-22-6-2-7-23-55)57-37-35-49(36-38-57)51-33-34-52-46-71-65(45-53(52)44-51)64-28-16-18-50-19-17-31-70(73(50)64)78(71)59-40-42-63-62-41-39-58(77(56-24-8-3-9-25-56)72-32-14-15-43-75-72)47-68(62)74(69(63)48-59)66-29-12-10-26-60(66)61-27-11-13-30-67(61)74/h1-48H. The average Bonchev–Trinajstić information content (AvgIpc) is 4.05. The van der Waals surface area contributed by atoms with Crippen molar-refractivity contribution in [2.45, 2.75) is 5.41 Å². The van der Waals surface area contributed by atoms with Crippen LogP contribution in [0, 0.1) is 0 Å². The summed E-state index contributed by atoms with van der Waals surface area (Å²) >= 11 is 0. The van der Waals surface area contributed by atoms with Crippen molar-refractivity contribution in [3.63, 3.8) is 0 Å². The van der Waals surface area contributed by atoms with E-state index < -0.39 is 5.41 Å². The highest BCUT2D eigenvalue weighted by atomic mass is 15.2. The zero-order chi connectivity index (χ0) is 51.3. The van der Waals surface area contributed by atoms with Crippen LogP contribution in [0.1, 0.15) is 22.3 Å². The summed E-state index contributed by atoms with van der Waals surface area (Å²) in [5.41, 5.74) is 23.4. The van der Waals surface area contributed by atoms with Crippen LogP contribution in [0.5, 0.6) is 0 Å². The zero-order valence-electron chi connectivity index (χ0n) is 42.5. The summed E-state index contributed by atoms with van der Waals surface area (Å²) < 4.78 is 0. The summed E-state index contributed by atoms with van der Waals surface area (Å²) in [5.74, 6) is 0.869. The molecule has 1 aliphatic heterocycles. The molecule has 0 saturated heterocycles. The maximum atomic E-state index is 4.92. The molecule has 0 fully saturated rings. The molecule has 0 bridgehead atoms. The number of nitrogens with zero attached hydrogens (tertiary/aromatic N) is 4. The summed E-state index contributed by atoms with van der Waals surface area (Å²) in [5, 5.41) is 4.88. The van der Waals surface area contributed by atoms with Gasteiger partial charge in [-0.2, -0.15) is 0 Å². The first-order chi connectivity index (χ1) is 38.7. The lowest BCUT2D eigenvalue weighted by atomic mass is 9.70. The molecule has 0 saturated carbocycles. The van der Waals surface area contributed by atoms with Crippen molar-refractivity contribution < 1.29 is 0 Å². The van der Waals surface area contributed by atoms with E-state index in [1.807, 2.05) is 12.3 Å². The number of rotatable bonds is 8. The van der Waals surface area contributed by atoms with Gasteiger partial charge in [0.25, 0.3) is 0 Å². The minimum absolute atomic E-state index is 0.599. The summed E-state index contributed by atoms with van der Waals surface area (Å²) in [7, 11) is 0. The highest BCUT2D eigenvalue weighted by Gasteiger charge is 2.52. The van der Waals surface area contributed by atoms with Crippen LogP contribution in [0.15, 0.2) is 291 Å². The van der Waals surface area contributed by atoms with Gasteiger partial charge in [0.15, 0.2) is 0 Å². The quantitative estimate of drug-likeness (QED) is 0.151. The second-order valence-electron chi connectivity index (χ2n) is 20.7. The van der Waals surface area contributed by atoms with E-state index in [4.69, 9.17) is 4.98 Å². The predicted octanol–water partition coefficient (Wildman–Crippen LogP) is 19.8. The molecule has 4 heteroatoms. The number of fused-ring (bicyclic) bond motifs is 13. The number of aromatic nitrogens is 1. The minimum atomic E-state index is -0.599. The van der Waals surface area contributed by atoms with Crippen molar-refractivity contribution in [2.75, 3.05) is 14.7 Å². The minimum Gasteiger partial charge on any atom is -0.311 e. The second-order valence-corrected chi connectivity index (χ2v) is 20.7. The molecule has 0 atom stereocenters. The summed E-state index contributed by atoms with van der Waals surface area (Å²) in [6.07, 6.45) is 1.88. The molecular formula is C74H48N4. The fourth-order valence-corrected chi connectivity index (χ4v) is 13.3. The zero-order valence-corrected chi connectivity index (χ0v) is 42.5. The van der Waals surface area contributed by atoms with Crippen molar-refractivity contribution in [1.82, 2.24) is 4.98 Å². The molecular weight excluding hydrogens is 945 g/mol. The Bertz CT molecular complexity index is 4370. The topological polar surface area (TPSA) is 22.6 Å². The van der Waals surface area contributed by atoms with E-state index >= 15 is 0 Å². The Morgan fingerprint density at radius 1 is 0.295 bits per heavy atom. The SMILES string of the molecule is c1ccc(N(c2ccccc2)c2ccc(-c3ccc4cc5c(cc4c3)-c3cccc4cccc(c34)N5c3ccc4c(c3)C3(c5ccccc5-c5ccccc53)c3cc(N(c5ccccc5)c5ccccn5)ccc3-4)cc2)cc1. The van der Waals surface area contributed by atoms with Crippen molar-refractivity contribution >= 4 is 72.9 Å². The van der Waals surface area contributed by atoms with Crippen LogP contribution in [0.4, 0.5) is 51.3 Å². The predicted molar refractivity (Wildman–Crippen MR) is 324 cm³/mol. The van der Waals surface area contributed by atoms with E-state index in [9.17, 15) is 0 Å². The van der Waals surface area contributed by atoms with Crippen molar-refractivity contribution in [3.8, 4) is 44.5 Å². The Morgan fingerprint density at radius 2 is 0.846 bits per heavy atom. The number of pyridine rings is 1. The smallest absolute Gasteiger partial charge is 0.137 e. The van der Waals surface area contributed by atoms with Crippen LogP contribution >= 0.6 is 0 Å². The largest absolute Gasteiger partial charge is 0.311 e. The maximum Gasteiger partial charge on any atom is 0.137 e. The molecule has 1 aromatic heterocycles. The lowest BCUT2D eigenvalue weighted by molar-refractivity contribution is 0.793. The third-order valence-corrected chi connectivity index (χ3v) is 16.6. The van der Waals surface area contributed by atoms with E-state index in [-0.39, 0.29) is 0 Å². The number of benzene rings is 12. The molecule has 1 spiro atoms. The monoisotopic (exact) mass is 992 g/mol. The third-order valence-electron chi connectivity index (χ3n) is 16.6. The average molecular weight is 993 g/mol. The summed E-state index contributed by atoms with van der Waals surface area (Å²) in [6.45, 7) is 0. The van der Waals surface area contributed by atoms with Crippen molar-refractivity contribution in [2.24, 2.45) is 0 Å². The molecule has 4 nitrogen and oxygen atoms in total. The molecule has 2 heterocycles. The van der Waals surface area contributed by atoms with Gasteiger partial charge in [0.2, 0.25) is 0 Å². The lowest BCUT2D eigenvalue weighted by Gasteiger charge is -2.35. The van der Waals surface area contributed by atoms with Gasteiger partial charge in [-0.05, 0) is 187 Å². The van der Waals surface area contributed by atoms with Crippen molar-refractivity contribution in [3.05, 3.63) is 314 Å². The van der Waals surface area contributed by atoms with E-state index in [1.54, 1.807) is 0 Å². The maximum absolute atomic E-state index is 4.92. The molecule has 13 aromatic rings. The second kappa shape index (κ2) is 17.4. The molecule has 0 N–H and O–H groups in total. The number of hydrogen-bond acceptors (Lipinski definition) is 4. The van der Waals surface area contributed by atoms with E-state index in [0.717, 1.165) is 39.9 Å². The van der Waals surface area contributed by atoms with Gasteiger partial charge in [-0.15, -0.1) is 0 Å². The normalized spacial score (nSPS) is 12.9. The van der Waals surface area contributed by atoms with E-state index in [0.29, 0.717) is 0 Å². The highest BCUT2D eigenvalue weighted by molar-refractivity contribution is 6.16. The van der Waals surface area contributed by atoms with Gasteiger partial charge >= 0.3 is 0 Å². The molecule has 0 unspecified atom stereocenters. The molecule has 16 rings (SSSR count). The Morgan fingerprint density at radius 3 is 1.53 bits per heavy atom. The molecule has 2 aliphatic carbocycles. The van der Waals surface area contributed by atoms with Crippen LogP contribution in [-0.4, -0.2) is 4.98 Å². The molecule has 12 aromatic carbocycles. The first-order valence-corrected chi connectivity index (χ1v) is 26.8. The van der Waals surface area contributed by atoms with E-state index in [2.05, 4.69) is 294 Å². The summed E-state index contributed by atoms with van der Waals surface area (Å²) in [6, 6.07) is 105. The number of hydrogen-bond donors (Lipinski definition) is 0. The summed E-state index contributed by atoms with van der Waals surface area (Å²) in [4.78, 5) is 12.1. The number of anilines is 9. The van der Waals surface area contributed by atoms with Gasteiger partial charge in [-0.1, -0.05) is 176 Å². The number of para-hydroxylation sites is 3. The lowest BCUT2D eigenvalue weighted by Crippen LogP contribution is -2.26. The van der Waals surface area contributed by atoms with Gasteiger partial charge in [-0.25, -0.2) is 4.98 Å². The fraction of sp³-hybridized carbons (Fsp3) is 0.0135. The Balaban J connectivity index is 0.860. The van der Waals surface area contributed by atoms with Crippen LogP contribution in [0.3, 0.4) is 0 Å².